The highest BCUT2D eigenvalue weighted by Crippen LogP contribution is 2.34. The van der Waals surface area contributed by atoms with Crippen molar-refractivity contribution in [3.05, 3.63) is 35.4 Å². The van der Waals surface area contributed by atoms with Gasteiger partial charge in [-0.1, -0.05) is 37.1 Å². The van der Waals surface area contributed by atoms with Gasteiger partial charge >= 0.3 is 0 Å². The van der Waals surface area contributed by atoms with E-state index >= 15 is 0 Å². The lowest BCUT2D eigenvalue weighted by atomic mass is 9.96. The Morgan fingerprint density at radius 2 is 1.80 bits per heavy atom. The zero-order chi connectivity index (χ0) is 13.9. The molecule has 0 aromatic heterocycles. The van der Waals surface area contributed by atoms with Gasteiger partial charge in [0.1, 0.15) is 0 Å². The third-order valence-electron chi connectivity index (χ3n) is 4.75. The lowest BCUT2D eigenvalue weighted by Gasteiger charge is -2.31. The number of nitrogens with zero attached hydrogens (tertiary/aromatic N) is 2. The molecule has 1 amide bonds. The summed E-state index contributed by atoms with van der Waals surface area (Å²) >= 11 is 0. The van der Waals surface area contributed by atoms with Gasteiger partial charge in [0.2, 0.25) is 5.91 Å². The Labute approximate surface area is 121 Å². The number of amides is 1. The largest absolute Gasteiger partial charge is 0.343 e. The Balaban J connectivity index is 1.59. The zero-order valence-electron chi connectivity index (χ0n) is 12.3. The highest BCUT2D eigenvalue weighted by Gasteiger charge is 2.21. The third-order valence-corrected chi connectivity index (χ3v) is 4.75. The van der Waals surface area contributed by atoms with Crippen molar-refractivity contribution in [2.45, 2.75) is 38.1 Å². The highest BCUT2D eigenvalue weighted by atomic mass is 16.2. The van der Waals surface area contributed by atoms with Crippen molar-refractivity contribution in [3.63, 3.8) is 0 Å². The van der Waals surface area contributed by atoms with Crippen molar-refractivity contribution in [1.82, 2.24) is 9.80 Å². The zero-order valence-corrected chi connectivity index (χ0v) is 12.3. The molecule has 108 valence electrons. The summed E-state index contributed by atoms with van der Waals surface area (Å²) in [6, 6.07) is 9.08. The van der Waals surface area contributed by atoms with E-state index in [2.05, 4.69) is 29.2 Å². The molecule has 1 aromatic rings. The summed E-state index contributed by atoms with van der Waals surface area (Å²) in [4.78, 5) is 15.8. The molecule has 0 radical (unpaired) electrons. The molecule has 2 fully saturated rings. The van der Waals surface area contributed by atoms with Crippen molar-refractivity contribution < 1.29 is 4.79 Å². The number of likely N-dealkylation sites (N-methyl/N-ethyl adjacent to an activating group) is 1. The van der Waals surface area contributed by atoms with Crippen LogP contribution in [0.3, 0.4) is 0 Å². The standard InChI is InChI=1S/C17H24N2O/c1-18-10-11-19(13-17(18)20)12-14-6-8-16(9-7-14)15-4-2-3-5-15/h6-9,15H,2-5,10-13H2,1H3. The van der Waals surface area contributed by atoms with Gasteiger partial charge in [-0.3, -0.25) is 9.69 Å². The maximum atomic E-state index is 11.7. The van der Waals surface area contributed by atoms with E-state index in [1.807, 2.05) is 11.9 Å². The molecule has 1 heterocycles. The lowest BCUT2D eigenvalue weighted by Crippen LogP contribution is -2.47. The minimum atomic E-state index is 0.235. The summed E-state index contributed by atoms with van der Waals surface area (Å²) in [5.74, 6) is 1.02. The summed E-state index contributed by atoms with van der Waals surface area (Å²) in [7, 11) is 1.88. The van der Waals surface area contributed by atoms with Crippen molar-refractivity contribution in [2.75, 3.05) is 26.7 Å². The first kappa shape index (κ1) is 13.6. The molecule has 1 saturated heterocycles. The number of carbonyl (C=O) groups is 1. The van der Waals surface area contributed by atoms with Gasteiger partial charge in [-0.05, 0) is 29.9 Å². The fourth-order valence-electron chi connectivity index (χ4n) is 3.35. The van der Waals surface area contributed by atoms with Crippen LogP contribution in [0.5, 0.6) is 0 Å². The normalized spacial score (nSPS) is 21.6. The van der Waals surface area contributed by atoms with Crippen LogP contribution < -0.4 is 0 Å². The van der Waals surface area contributed by atoms with E-state index in [4.69, 9.17) is 0 Å². The third kappa shape index (κ3) is 3.04. The number of hydrogen-bond acceptors (Lipinski definition) is 2. The van der Waals surface area contributed by atoms with E-state index in [0.29, 0.717) is 6.54 Å². The summed E-state index contributed by atoms with van der Waals surface area (Å²) in [6.07, 6.45) is 5.48. The van der Waals surface area contributed by atoms with Crippen LogP contribution in [-0.4, -0.2) is 42.4 Å². The van der Waals surface area contributed by atoms with Gasteiger partial charge in [-0.2, -0.15) is 0 Å². The van der Waals surface area contributed by atoms with Crippen molar-refractivity contribution in [1.29, 1.82) is 0 Å². The Hall–Kier alpha value is -1.35. The molecule has 0 unspecified atom stereocenters. The van der Waals surface area contributed by atoms with E-state index in [9.17, 15) is 4.79 Å². The molecule has 20 heavy (non-hydrogen) atoms. The Bertz CT molecular complexity index is 462. The molecule has 1 aliphatic heterocycles. The first-order chi connectivity index (χ1) is 9.72. The summed E-state index contributed by atoms with van der Waals surface area (Å²) in [5.41, 5.74) is 2.82. The topological polar surface area (TPSA) is 23.6 Å². The monoisotopic (exact) mass is 272 g/mol. The predicted octanol–water partition coefficient (Wildman–Crippen LogP) is 2.62. The van der Waals surface area contributed by atoms with Gasteiger partial charge in [0.05, 0.1) is 6.54 Å². The van der Waals surface area contributed by atoms with Gasteiger partial charge in [0, 0.05) is 26.7 Å². The molecular weight excluding hydrogens is 248 g/mol. The second-order valence-electron chi connectivity index (χ2n) is 6.25. The van der Waals surface area contributed by atoms with Crippen LogP contribution in [0, 0.1) is 0 Å². The van der Waals surface area contributed by atoms with Crippen molar-refractivity contribution >= 4 is 5.91 Å². The molecule has 3 heteroatoms. The van der Waals surface area contributed by atoms with Crippen LogP contribution in [0.15, 0.2) is 24.3 Å². The molecule has 0 spiro atoms. The van der Waals surface area contributed by atoms with Gasteiger partial charge in [-0.15, -0.1) is 0 Å². The lowest BCUT2D eigenvalue weighted by molar-refractivity contribution is -0.134. The fraction of sp³-hybridized carbons (Fsp3) is 0.588. The number of carbonyl (C=O) groups excluding carboxylic acids is 1. The minimum absolute atomic E-state index is 0.235. The van der Waals surface area contributed by atoms with Gasteiger partial charge in [0.15, 0.2) is 0 Å². The highest BCUT2D eigenvalue weighted by molar-refractivity contribution is 5.78. The van der Waals surface area contributed by atoms with Crippen LogP contribution >= 0.6 is 0 Å². The maximum Gasteiger partial charge on any atom is 0.236 e. The van der Waals surface area contributed by atoms with Gasteiger partial charge in [0.25, 0.3) is 0 Å². The number of rotatable bonds is 3. The molecule has 2 aliphatic rings. The van der Waals surface area contributed by atoms with Crippen molar-refractivity contribution in [2.24, 2.45) is 0 Å². The molecule has 3 nitrogen and oxygen atoms in total. The Kier molecular flexibility index (Phi) is 4.06. The molecule has 1 saturated carbocycles. The van der Waals surface area contributed by atoms with E-state index in [1.54, 1.807) is 0 Å². The SMILES string of the molecule is CN1CCN(Cc2ccc(C3CCCC3)cc2)CC1=O. The maximum absolute atomic E-state index is 11.7. The Morgan fingerprint density at radius 1 is 1.10 bits per heavy atom. The average molecular weight is 272 g/mol. The van der Waals surface area contributed by atoms with Crippen LogP contribution in [0.1, 0.15) is 42.7 Å². The van der Waals surface area contributed by atoms with Gasteiger partial charge in [-0.25, -0.2) is 0 Å². The van der Waals surface area contributed by atoms with E-state index in [-0.39, 0.29) is 5.91 Å². The summed E-state index contributed by atoms with van der Waals surface area (Å²) < 4.78 is 0. The van der Waals surface area contributed by atoms with Crippen LogP contribution in [0.4, 0.5) is 0 Å². The van der Waals surface area contributed by atoms with E-state index < -0.39 is 0 Å². The minimum Gasteiger partial charge on any atom is -0.343 e. The molecule has 0 atom stereocenters. The molecule has 1 aliphatic carbocycles. The second-order valence-corrected chi connectivity index (χ2v) is 6.25. The average Bonchev–Trinajstić information content (AvgIpc) is 2.98. The first-order valence-corrected chi connectivity index (χ1v) is 7.77. The molecular formula is C17H24N2O. The fourth-order valence-corrected chi connectivity index (χ4v) is 3.35. The predicted molar refractivity (Wildman–Crippen MR) is 80.6 cm³/mol. The van der Waals surface area contributed by atoms with Crippen LogP contribution in [0.25, 0.3) is 0 Å². The molecule has 3 rings (SSSR count). The number of benzene rings is 1. The Morgan fingerprint density at radius 3 is 2.45 bits per heavy atom. The molecule has 1 aromatic carbocycles. The number of piperazine rings is 1. The van der Waals surface area contributed by atoms with Crippen LogP contribution in [0.2, 0.25) is 0 Å². The van der Waals surface area contributed by atoms with Crippen LogP contribution in [-0.2, 0) is 11.3 Å². The first-order valence-electron chi connectivity index (χ1n) is 7.77. The second kappa shape index (κ2) is 5.96. The van der Waals surface area contributed by atoms with Gasteiger partial charge < -0.3 is 4.90 Å². The smallest absolute Gasteiger partial charge is 0.236 e. The van der Waals surface area contributed by atoms with E-state index in [1.165, 1.54) is 36.8 Å². The van der Waals surface area contributed by atoms with E-state index in [0.717, 1.165) is 25.6 Å². The number of hydrogen-bond donors (Lipinski definition) is 0. The summed E-state index contributed by atoms with van der Waals surface area (Å²) in [5, 5.41) is 0. The quantitative estimate of drug-likeness (QED) is 0.844. The molecule has 0 N–H and O–H groups in total. The van der Waals surface area contributed by atoms with Crippen molar-refractivity contribution in [3.8, 4) is 0 Å². The summed E-state index contributed by atoms with van der Waals surface area (Å²) in [6.45, 7) is 3.27. The molecule has 0 bridgehead atoms.